The third-order valence-electron chi connectivity index (χ3n) is 4.02. The summed E-state index contributed by atoms with van der Waals surface area (Å²) in [6, 6.07) is 4.40. The minimum atomic E-state index is -4.44. The third-order valence-corrected chi connectivity index (χ3v) is 5.68. The Morgan fingerprint density at radius 2 is 1.07 bits per heavy atom. The summed E-state index contributed by atoms with van der Waals surface area (Å²) in [5, 5.41) is 20.0. The van der Waals surface area contributed by atoms with E-state index in [0.29, 0.717) is 0 Å². The van der Waals surface area contributed by atoms with Crippen molar-refractivity contribution in [2.24, 2.45) is 9.98 Å². The van der Waals surface area contributed by atoms with Crippen molar-refractivity contribution in [2.75, 3.05) is 13.1 Å². The van der Waals surface area contributed by atoms with Crippen LogP contribution < -0.4 is 0 Å². The number of hydrogen-bond acceptors (Lipinski definition) is 8. The molecule has 0 unspecified atom stereocenters. The van der Waals surface area contributed by atoms with Crippen LogP contribution in [0.5, 0.6) is 11.5 Å². The molecule has 0 atom stereocenters. The zero-order chi connectivity index (χ0) is 22.7. The highest BCUT2D eigenvalue weighted by atomic mass is 32.2. The second-order valence-corrected chi connectivity index (χ2v) is 9.22. The summed E-state index contributed by atoms with van der Waals surface area (Å²) in [5.74, 6) is -0.367. The standard InChI is InChI=1S/C18H20N2O8S2/c1-11-5-15(29(23,24)25)7-13(17(11)21)9-19-3-4-20-10-14-8-16(30(26,27)28)6-12(2)18(14)22/h5-10,21-22H,3-4H2,1-2H3,(H,23,24,25)(H,26,27,28). The first-order valence-electron chi connectivity index (χ1n) is 8.42. The van der Waals surface area contributed by atoms with Crippen LogP contribution >= 0.6 is 0 Å². The van der Waals surface area contributed by atoms with E-state index in [1.54, 1.807) is 0 Å². The highest BCUT2D eigenvalue weighted by Gasteiger charge is 2.15. The predicted octanol–water partition coefficient (Wildman–Crippen LogP) is 1.75. The van der Waals surface area contributed by atoms with Crippen LogP contribution in [0.4, 0.5) is 0 Å². The molecule has 10 nitrogen and oxygen atoms in total. The maximum atomic E-state index is 11.3. The minimum Gasteiger partial charge on any atom is -0.507 e. The van der Waals surface area contributed by atoms with E-state index < -0.39 is 20.2 Å². The lowest BCUT2D eigenvalue weighted by Gasteiger charge is -2.06. The summed E-state index contributed by atoms with van der Waals surface area (Å²) in [6.45, 7) is 3.20. The Kier molecular flexibility index (Phi) is 6.98. The molecule has 0 saturated heterocycles. The fraction of sp³-hybridized carbons (Fsp3) is 0.222. The molecular weight excluding hydrogens is 436 g/mol. The van der Waals surface area contributed by atoms with Gasteiger partial charge in [0.1, 0.15) is 11.5 Å². The van der Waals surface area contributed by atoms with Gasteiger partial charge in [0.25, 0.3) is 20.2 Å². The van der Waals surface area contributed by atoms with Crippen molar-refractivity contribution >= 4 is 32.7 Å². The van der Waals surface area contributed by atoms with Crippen molar-refractivity contribution in [3.63, 3.8) is 0 Å². The number of hydrogen-bond donors (Lipinski definition) is 4. The lowest BCUT2D eigenvalue weighted by molar-refractivity contribution is 0.466. The average molecular weight is 456 g/mol. The second-order valence-electron chi connectivity index (χ2n) is 6.38. The topological polar surface area (TPSA) is 174 Å². The molecule has 0 spiro atoms. The van der Waals surface area contributed by atoms with E-state index in [4.69, 9.17) is 9.11 Å². The van der Waals surface area contributed by atoms with Crippen molar-refractivity contribution in [3.8, 4) is 11.5 Å². The number of phenols is 2. The second kappa shape index (κ2) is 8.92. The van der Waals surface area contributed by atoms with Gasteiger partial charge in [-0.15, -0.1) is 0 Å². The number of rotatable bonds is 7. The fourth-order valence-electron chi connectivity index (χ4n) is 2.48. The maximum absolute atomic E-state index is 11.3. The molecule has 2 aromatic rings. The molecule has 0 fully saturated rings. The van der Waals surface area contributed by atoms with Crippen LogP contribution in [0.15, 0.2) is 44.0 Å². The van der Waals surface area contributed by atoms with Crippen LogP contribution in [-0.2, 0) is 20.2 Å². The number of benzene rings is 2. The van der Waals surface area contributed by atoms with E-state index in [1.807, 2.05) is 0 Å². The molecule has 0 saturated carbocycles. The fourth-order valence-corrected chi connectivity index (χ4v) is 3.68. The van der Waals surface area contributed by atoms with Crippen molar-refractivity contribution in [1.82, 2.24) is 0 Å². The van der Waals surface area contributed by atoms with Crippen LogP contribution in [0.1, 0.15) is 22.3 Å². The third kappa shape index (κ3) is 5.86. The number of aliphatic imine (C=N–C) groups is 2. The van der Waals surface area contributed by atoms with Crippen LogP contribution in [0.3, 0.4) is 0 Å². The van der Waals surface area contributed by atoms with Gasteiger partial charge in [-0.05, 0) is 49.2 Å². The zero-order valence-corrected chi connectivity index (χ0v) is 17.6. The molecule has 4 N–H and O–H groups in total. The van der Waals surface area contributed by atoms with Gasteiger partial charge in [-0.25, -0.2) is 0 Å². The molecule has 0 aliphatic carbocycles. The van der Waals surface area contributed by atoms with Gasteiger partial charge in [0.15, 0.2) is 0 Å². The number of phenolic OH excluding ortho intramolecular Hbond substituents is 2. The molecule has 0 amide bonds. The van der Waals surface area contributed by atoms with E-state index in [2.05, 4.69) is 9.98 Å². The van der Waals surface area contributed by atoms with E-state index in [-0.39, 0.29) is 56.6 Å². The Morgan fingerprint density at radius 3 is 1.37 bits per heavy atom. The van der Waals surface area contributed by atoms with Crippen LogP contribution in [0.25, 0.3) is 0 Å². The van der Waals surface area contributed by atoms with E-state index in [9.17, 15) is 27.0 Å². The van der Waals surface area contributed by atoms with Gasteiger partial charge < -0.3 is 10.2 Å². The largest absolute Gasteiger partial charge is 0.507 e. The van der Waals surface area contributed by atoms with Crippen LogP contribution in [0.2, 0.25) is 0 Å². The van der Waals surface area contributed by atoms with Gasteiger partial charge in [-0.2, -0.15) is 16.8 Å². The predicted molar refractivity (Wildman–Crippen MR) is 110 cm³/mol. The van der Waals surface area contributed by atoms with Crippen LogP contribution in [0, 0.1) is 13.8 Å². The van der Waals surface area contributed by atoms with E-state index in [0.717, 1.165) is 24.3 Å². The average Bonchev–Trinajstić information content (AvgIpc) is 2.62. The Bertz CT molecular complexity index is 1140. The lowest BCUT2D eigenvalue weighted by atomic mass is 10.1. The first-order valence-corrected chi connectivity index (χ1v) is 11.3. The van der Waals surface area contributed by atoms with Crippen molar-refractivity contribution in [2.45, 2.75) is 23.6 Å². The summed E-state index contributed by atoms with van der Waals surface area (Å²) < 4.78 is 63.4. The molecule has 162 valence electrons. The molecule has 0 bridgehead atoms. The smallest absolute Gasteiger partial charge is 0.294 e. The summed E-state index contributed by atoms with van der Waals surface area (Å²) in [7, 11) is -8.87. The molecular formula is C18H20N2O8S2. The number of aryl methyl sites for hydroxylation is 2. The normalized spacial score (nSPS) is 12.8. The Morgan fingerprint density at radius 1 is 0.733 bits per heavy atom. The molecule has 0 aliphatic rings. The molecule has 0 heterocycles. The Balaban J connectivity index is 2.13. The van der Waals surface area contributed by atoms with Crippen molar-refractivity contribution in [3.05, 3.63) is 46.5 Å². The first kappa shape index (κ1) is 23.5. The molecule has 0 aliphatic heterocycles. The summed E-state index contributed by atoms with van der Waals surface area (Å²) in [4.78, 5) is 7.30. The van der Waals surface area contributed by atoms with Gasteiger partial charge in [0, 0.05) is 23.6 Å². The Hall–Kier alpha value is -2.80. The quantitative estimate of drug-likeness (QED) is 0.277. The van der Waals surface area contributed by atoms with Crippen molar-refractivity contribution in [1.29, 1.82) is 0 Å². The SMILES string of the molecule is Cc1cc(S(=O)(=O)O)cc(C=NCCN=Cc2cc(S(=O)(=O)O)cc(C)c2O)c1O. The lowest BCUT2D eigenvalue weighted by Crippen LogP contribution is -2.01. The van der Waals surface area contributed by atoms with Crippen LogP contribution in [-0.4, -0.2) is 61.7 Å². The maximum Gasteiger partial charge on any atom is 0.294 e. The van der Waals surface area contributed by atoms with Crippen molar-refractivity contribution < 1.29 is 36.2 Å². The molecule has 30 heavy (non-hydrogen) atoms. The van der Waals surface area contributed by atoms with E-state index >= 15 is 0 Å². The monoisotopic (exact) mass is 456 g/mol. The molecule has 0 aromatic heterocycles. The molecule has 12 heteroatoms. The van der Waals surface area contributed by atoms with Gasteiger partial charge in [-0.1, -0.05) is 0 Å². The summed E-state index contributed by atoms with van der Waals surface area (Å²) in [6.07, 6.45) is 2.46. The first-order chi connectivity index (χ1) is 13.8. The zero-order valence-electron chi connectivity index (χ0n) is 16.0. The molecule has 2 aromatic carbocycles. The van der Waals surface area contributed by atoms with Gasteiger partial charge in [0.05, 0.1) is 22.9 Å². The van der Waals surface area contributed by atoms with Gasteiger partial charge in [-0.3, -0.25) is 19.1 Å². The summed E-state index contributed by atoms with van der Waals surface area (Å²) >= 11 is 0. The molecule has 2 rings (SSSR count). The van der Waals surface area contributed by atoms with Gasteiger partial charge in [0.2, 0.25) is 0 Å². The highest BCUT2D eigenvalue weighted by Crippen LogP contribution is 2.26. The van der Waals surface area contributed by atoms with E-state index in [1.165, 1.54) is 26.3 Å². The number of nitrogens with zero attached hydrogens (tertiary/aromatic N) is 2. The molecule has 0 radical (unpaired) electrons. The minimum absolute atomic E-state index is 0.0979. The van der Waals surface area contributed by atoms with Gasteiger partial charge >= 0.3 is 0 Å². The number of aromatic hydroxyl groups is 2. The highest BCUT2D eigenvalue weighted by molar-refractivity contribution is 7.86. The Labute approximate surface area is 173 Å². The summed E-state index contributed by atoms with van der Waals surface area (Å²) in [5.41, 5.74) is 0.685.